The van der Waals surface area contributed by atoms with Crippen molar-refractivity contribution in [2.45, 2.75) is 30.5 Å². The summed E-state index contributed by atoms with van der Waals surface area (Å²) in [5.74, 6) is -1.61. The Kier molecular flexibility index (Phi) is 3.78. The van der Waals surface area contributed by atoms with Crippen LogP contribution in [0, 0.1) is 0 Å². The fourth-order valence-corrected chi connectivity index (χ4v) is 3.05. The molecule has 0 aliphatic carbocycles. The molecule has 12 nitrogen and oxygen atoms in total. The molecule has 0 bridgehead atoms. The Bertz CT molecular complexity index is 820. The highest BCUT2D eigenvalue weighted by atomic mass is 16.7. The third-order valence-electron chi connectivity index (χ3n) is 4.30. The molecule has 0 aromatic carbocycles. The van der Waals surface area contributed by atoms with E-state index in [1.54, 1.807) is 0 Å². The Morgan fingerprint density at radius 1 is 1.58 bits per heavy atom. The molecule has 0 amide bonds. The number of imidazole rings is 1. The van der Waals surface area contributed by atoms with Crippen molar-refractivity contribution in [2.75, 3.05) is 19.5 Å². The number of hydrogen-bond donors (Lipinski definition) is 3. The maximum Gasteiger partial charge on any atom is 0.228 e. The Balaban J connectivity index is 2.30. The van der Waals surface area contributed by atoms with Crippen molar-refractivity contribution in [3.05, 3.63) is 28.7 Å². The predicted octanol–water partition coefficient (Wildman–Crippen LogP) is -0.673. The first-order valence-corrected chi connectivity index (χ1v) is 6.98. The minimum absolute atomic E-state index is 0.130. The summed E-state index contributed by atoms with van der Waals surface area (Å²) in [4.78, 5) is 10.8. The lowest BCUT2D eigenvalue weighted by atomic mass is 9.85. The number of rotatable bonds is 4. The lowest BCUT2D eigenvalue weighted by molar-refractivity contribution is -0.249. The molecule has 1 aliphatic heterocycles. The maximum atomic E-state index is 10.5. The normalized spacial score (nSPS) is 32.8. The Hall–Kier alpha value is -2.50. The third kappa shape index (κ3) is 1.89. The van der Waals surface area contributed by atoms with Gasteiger partial charge in [0.1, 0.15) is 23.7 Å². The van der Waals surface area contributed by atoms with E-state index in [0.717, 1.165) is 0 Å². The quantitative estimate of drug-likeness (QED) is 0.373. The molecule has 1 fully saturated rings. The largest absolute Gasteiger partial charge is 0.394 e. The smallest absolute Gasteiger partial charge is 0.228 e. The Morgan fingerprint density at radius 3 is 2.96 bits per heavy atom. The van der Waals surface area contributed by atoms with Gasteiger partial charge >= 0.3 is 0 Å². The Morgan fingerprint density at radius 2 is 2.33 bits per heavy atom. The molecule has 1 saturated heterocycles. The van der Waals surface area contributed by atoms with Crippen LogP contribution in [0.5, 0.6) is 0 Å². The monoisotopic (exact) mass is 336 g/mol. The number of nitrogen functional groups attached to an aromatic ring is 1. The summed E-state index contributed by atoms with van der Waals surface area (Å²) in [5.41, 5.74) is 13.6. The molecule has 128 valence electrons. The van der Waals surface area contributed by atoms with Gasteiger partial charge in [0.2, 0.25) is 5.79 Å². The van der Waals surface area contributed by atoms with Crippen molar-refractivity contribution in [3.8, 4) is 0 Å². The molecule has 24 heavy (non-hydrogen) atoms. The zero-order valence-electron chi connectivity index (χ0n) is 12.9. The maximum absolute atomic E-state index is 10.5. The first-order valence-electron chi connectivity index (χ1n) is 6.98. The van der Waals surface area contributed by atoms with E-state index >= 15 is 0 Å². The van der Waals surface area contributed by atoms with Gasteiger partial charge in [0.15, 0.2) is 11.5 Å². The van der Waals surface area contributed by atoms with E-state index in [-0.39, 0.29) is 17.2 Å². The van der Waals surface area contributed by atoms with E-state index in [9.17, 15) is 10.2 Å². The van der Waals surface area contributed by atoms with Gasteiger partial charge in [-0.15, -0.1) is 0 Å². The fourth-order valence-electron chi connectivity index (χ4n) is 3.05. The molecule has 4 N–H and O–H groups in total. The van der Waals surface area contributed by atoms with Gasteiger partial charge in [-0.2, -0.15) is 5.10 Å². The molecular weight excluding hydrogens is 320 g/mol. The molecule has 4 atom stereocenters. The van der Waals surface area contributed by atoms with Crippen LogP contribution >= 0.6 is 0 Å². The number of azide groups is 1. The second-order valence-electron chi connectivity index (χ2n) is 5.47. The molecule has 0 saturated carbocycles. The molecule has 0 radical (unpaired) electrons. The minimum Gasteiger partial charge on any atom is -0.394 e. The van der Waals surface area contributed by atoms with Gasteiger partial charge in [-0.25, -0.2) is 14.5 Å². The van der Waals surface area contributed by atoms with E-state index in [0.29, 0.717) is 0 Å². The first-order chi connectivity index (χ1) is 11.4. The van der Waals surface area contributed by atoms with Gasteiger partial charge < -0.3 is 25.4 Å². The summed E-state index contributed by atoms with van der Waals surface area (Å²) in [6.07, 6.45) is 0.228. The fraction of sp³-hybridized carbons (Fsp3) is 0.583. The van der Waals surface area contributed by atoms with Crippen LogP contribution in [0.4, 0.5) is 5.82 Å². The minimum atomic E-state index is -1.74. The zero-order valence-corrected chi connectivity index (χ0v) is 12.9. The molecule has 3 rings (SSSR count). The summed E-state index contributed by atoms with van der Waals surface area (Å²) in [6, 6.07) is 0. The van der Waals surface area contributed by atoms with Gasteiger partial charge in [0.05, 0.1) is 18.9 Å². The number of fused-ring (bicyclic) bond motifs is 1. The van der Waals surface area contributed by atoms with Crippen molar-refractivity contribution in [1.82, 2.24) is 19.6 Å². The van der Waals surface area contributed by atoms with Gasteiger partial charge in [-0.3, -0.25) is 0 Å². The van der Waals surface area contributed by atoms with Crippen molar-refractivity contribution in [2.24, 2.45) is 5.11 Å². The van der Waals surface area contributed by atoms with Crippen molar-refractivity contribution in [3.63, 3.8) is 0 Å². The van der Waals surface area contributed by atoms with Crippen LogP contribution in [0.2, 0.25) is 0 Å². The van der Waals surface area contributed by atoms with Crippen LogP contribution < -0.4 is 5.73 Å². The van der Waals surface area contributed by atoms with Gasteiger partial charge in [0.25, 0.3) is 0 Å². The molecule has 2 aromatic rings. The molecule has 2 aromatic heterocycles. The standard InChI is InChI=1S/C12H16N8O4/c1-11(18-19-14)8(22)6(4-21)24-12(11,23-2)7-3-15-10-9(13)16-5-17-20(7)10/h3,5-6,8,21-22H,4H2,1-2H3,(H2,13,16,17)/t6-,8-,11-,12?/m1/s1. The summed E-state index contributed by atoms with van der Waals surface area (Å²) in [6.45, 7) is 0.956. The molecule has 0 spiro atoms. The lowest BCUT2D eigenvalue weighted by Crippen LogP contribution is -2.52. The van der Waals surface area contributed by atoms with Gasteiger partial charge in [-0.1, -0.05) is 5.11 Å². The number of hydrogen-bond acceptors (Lipinski definition) is 9. The van der Waals surface area contributed by atoms with Crippen molar-refractivity contribution < 1.29 is 19.7 Å². The van der Waals surface area contributed by atoms with Crippen LogP contribution in [0.3, 0.4) is 0 Å². The van der Waals surface area contributed by atoms with E-state index < -0.39 is 30.1 Å². The molecular formula is C12H16N8O4. The highest BCUT2D eigenvalue weighted by Crippen LogP contribution is 2.50. The predicted molar refractivity (Wildman–Crippen MR) is 79.4 cm³/mol. The highest BCUT2D eigenvalue weighted by molar-refractivity contribution is 5.59. The average molecular weight is 336 g/mol. The first kappa shape index (κ1) is 16.4. The highest BCUT2D eigenvalue weighted by Gasteiger charge is 2.66. The van der Waals surface area contributed by atoms with Gasteiger partial charge in [-0.05, 0) is 12.5 Å². The van der Waals surface area contributed by atoms with E-state index in [4.69, 9.17) is 20.7 Å². The van der Waals surface area contributed by atoms with Crippen LogP contribution in [-0.2, 0) is 15.3 Å². The van der Waals surface area contributed by atoms with E-state index in [2.05, 4.69) is 25.1 Å². The van der Waals surface area contributed by atoms with Crippen LogP contribution in [0.25, 0.3) is 16.1 Å². The van der Waals surface area contributed by atoms with Crippen molar-refractivity contribution >= 4 is 11.5 Å². The summed E-state index contributed by atoms with van der Waals surface area (Å²) >= 11 is 0. The number of ether oxygens (including phenoxy) is 2. The van der Waals surface area contributed by atoms with Crippen LogP contribution in [-0.4, -0.2) is 61.3 Å². The second kappa shape index (κ2) is 5.54. The zero-order chi connectivity index (χ0) is 17.5. The lowest BCUT2D eigenvalue weighted by Gasteiger charge is -2.37. The van der Waals surface area contributed by atoms with Crippen molar-refractivity contribution in [1.29, 1.82) is 0 Å². The van der Waals surface area contributed by atoms with Crippen LogP contribution in [0.1, 0.15) is 12.6 Å². The second-order valence-corrected chi connectivity index (χ2v) is 5.47. The number of nitrogens with zero attached hydrogens (tertiary/aromatic N) is 7. The number of aromatic nitrogens is 4. The number of aliphatic hydroxyl groups is 2. The molecule has 3 heterocycles. The van der Waals surface area contributed by atoms with E-state index in [1.807, 2.05) is 0 Å². The average Bonchev–Trinajstić information content (AvgIpc) is 3.09. The number of anilines is 1. The molecule has 12 heteroatoms. The summed E-state index contributed by atoms with van der Waals surface area (Å²) in [5, 5.41) is 27.8. The summed E-state index contributed by atoms with van der Waals surface area (Å²) < 4.78 is 12.6. The molecule has 1 unspecified atom stereocenters. The SMILES string of the molecule is COC1(c2cnc3c(N)ncnn23)O[C@H](CO)[C@@H](O)[C@@]1(C)N=[N+]=[N-]. The van der Waals surface area contributed by atoms with E-state index in [1.165, 1.54) is 31.1 Å². The number of nitrogens with two attached hydrogens (primary N) is 1. The molecule has 1 aliphatic rings. The van der Waals surface area contributed by atoms with Crippen LogP contribution in [0.15, 0.2) is 17.6 Å². The Labute approximate surface area is 135 Å². The number of methoxy groups -OCH3 is 1. The van der Waals surface area contributed by atoms with Gasteiger partial charge in [0, 0.05) is 12.0 Å². The third-order valence-corrected chi connectivity index (χ3v) is 4.30. The number of aliphatic hydroxyl groups excluding tert-OH is 2. The summed E-state index contributed by atoms with van der Waals surface area (Å²) in [7, 11) is 1.32. The topological polar surface area (TPSA) is 177 Å².